The number of aryl methyl sites for hydroxylation is 1. The van der Waals surface area contributed by atoms with Crippen LogP contribution in [0.1, 0.15) is 34.1 Å². The van der Waals surface area contributed by atoms with Crippen LogP contribution >= 0.6 is 11.3 Å². The average molecular weight is 541 g/mol. The van der Waals surface area contributed by atoms with Gasteiger partial charge in [-0.3, -0.25) is 4.79 Å². The van der Waals surface area contributed by atoms with Crippen LogP contribution in [0, 0.1) is 6.92 Å². The van der Waals surface area contributed by atoms with Crippen molar-refractivity contribution in [2.24, 2.45) is 0 Å². The minimum Gasteiger partial charge on any atom is -0.334 e. The van der Waals surface area contributed by atoms with Crippen molar-refractivity contribution in [3.8, 4) is 0 Å². The molecule has 2 aromatic carbocycles. The molecule has 1 N–H and O–H groups in total. The highest BCUT2D eigenvalue weighted by molar-refractivity contribution is 7.16. The molecule has 3 amide bonds. The van der Waals surface area contributed by atoms with E-state index in [0.717, 1.165) is 33.5 Å². The molecule has 1 aliphatic rings. The quantitative estimate of drug-likeness (QED) is 0.323. The maximum Gasteiger partial charge on any atom is 0.416 e. The average Bonchev–Trinajstić information content (AvgIpc) is 3.47. The molecule has 198 valence electrons. The molecule has 3 heterocycles. The third kappa shape index (κ3) is 5.13. The van der Waals surface area contributed by atoms with Gasteiger partial charge in [0.15, 0.2) is 0 Å². The number of benzene rings is 2. The molecule has 0 saturated carbocycles. The zero-order chi connectivity index (χ0) is 27.0. The third-order valence-corrected chi connectivity index (χ3v) is 7.90. The molecule has 1 fully saturated rings. The molecule has 2 aromatic heterocycles. The summed E-state index contributed by atoms with van der Waals surface area (Å²) in [5.41, 5.74) is 2.42. The van der Waals surface area contributed by atoms with Crippen molar-refractivity contribution in [1.82, 2.24) is 14.4 Å². The summed E-state index contributed by atoms with van der Waals surface area (Å²) in [6.07, 6.45) is -4.44. The molecular weight excluding hydrogens is 513 g/mol. The lowest BCUT2D eigenvalue weighted by Crippen LogP contribution is -2.56. The Labute approximate surface area is 222 Å². The Morgan fingerprint density at radius 1 is 1.05 bits per heavy atom. The highest BCUT2D eigenvalue weighted by atomic mass is 32.1. The number of hydrogen-bond donors (Lipinski definition) is 1. The van der Waals surface area contributed by atoms with Crippen molar-refractivity contribution in [3.63, 3.8) is 0 Å². The van der Waals surface area contributed by atoms with E-state index < -0.39 is 17.8 Å². The molecule has 0 radical (unpaired) electrons. The molecule has 10 heteroatoms. The summed E-state index contributed by atoms with van der Waals surface area (Å²) in [5.74, 6) is -0.0865. The van der Waals surface area contributed by atoms with E-state index in [1.165, 1.54) is 12.1 Å². The molecule has 4 aromatic rings. The first-order valence-corrected chi connectivity index (χ1v) is 13.1. The van der Waals surface area contributed by atoms with Crippen LogP contribution in [-0.4, -0.2) is 52.0 Å². The van der Waals surface area contributed by atoms with Crippen molar-refractivity contribution in [2.45, 2.75) is 32.6 Å². The standard InChI is InChI=1S/C28H27F3N4O2S/c1-18-5-3-4-6-21(18)17-35-24(15-20-11-14-38-26(20)35)25(36)33-12-13-34(19(2)16-33)27(37)32-23-9-7-22(8-10-23)28(29,30)31/h3-11,14-15,19H,12-13,16-17H2,1-2H3,(H,32,37)/t19-/m0/s1. The SMILES string of the molecule is Cc1ccccc1Cn1c(C(=O)N2CCN(C(=O)Nc3ccc(C(F)(F)F)cc3)[C@@H](C)C2)cc2ccsc21. The minimum absolute atomic E-state index is 0.0865. The van der Waals surface area contributed by atoms with E-state index in [-0.39, 0.29) is 17.6 Å². The van der Waals surface area contributed by atoms with Gasteiger partial charge in [-0.1, -0.05) is 24.3 Å². The summed E-state index contributed by atoms with van der Waals surface area (Å²) in [5, 5.41) is 5.71. The lowest BCUT2D eigenvalue weighted by molar-refractivity contribution is -0.137. The maximum atomic E-state index is 13.7. The lowest BCUT2D eigenvalue weighted by atomic mass is 10.1. The van der Waals surface area contributed by atoms with Crippen molar-refractivity contribution in [2.75, 3.05) is 25.0 Å². The number of carbonyl (C=O) groups excluding carboxylic acids is 2. The summed E-state index contributed by atoms with van der Waals surface area (Å²) in [6.45, 7) is 5.52. The Morgan fingerprint density at radius 3 is 2.47 bits per heavy atom. The van der Waals surface area contributed by atoms with E-state index in [2.05, 4.69) is 28.9 Å². The van der Waals surface area contributed by atoms with E-state index in [4.69, 9.17) is 0 Å². The highest BCUT2D eigenvalue weighted by Gasteiger charge is 2.33. The highest BCUT2D eigenvalue weighted by Crippen LogP contribution is 2.30. The van der Waals surface area contributed by atoms with Crippen LogP contribution in [0.15, 0.2) is 66.0 Å². The third-order valence-electron chi connectivity index (χ3n) is 6.95. The molecule has 1 atom stereocenters. The fourth-order valence-corrected chi connectivity index (χ4v) is 5.71. The lowest BCUT2D eigenvalue weighted by Gasteiger charge is -2.39. The zero-order valence-electron chi connectivity index (χ0n) is 21.0. The van der Waals surface area contributed by atoms with Crippen molar-refractivity contribution >= 4 is 39.2 Å². The molecule has 0 aliphatic carbocycles. The second kappa shape index (κ2) is 10.2. The van der Waals surface area contributed by atoms with E-state index in [1.54, 1.807) is 21.1 Å². The summed E-state index contributed by atoms with van der Waals surface area (Å²) in [4.78, 5) is 31.0. The summed E-state index contributed by atoms with van der Waals surface area (Å²) >= 11 is 1.60. The van der Waals surface area contributed by atoms with E-state index in [0.29, 0.717) is 31.9 Å². The number of halogens is 3. The van der Waals surface area contributed by atoms with Gasteiger partial charge in [-0.2, -0.15) is 13.2 Å². The largest absolute Gasteiger partial charge is 0.416 e. The number of alkyl halides is 3. The molecule has 0 unspecified atom stereocenters. The van der Waals surface area contributed by atoms with Crippen molar-refractivity contribution in [1.29, 1.82) is 0 Å². The number of urea groups is 1. The molecular formula is C28H27F3N4O2S. The Morgan fingerprint density at radius 2 is 1.79 bits per heavy atom. The number of rotatable bonds is 4. The van der Waals surface area contributed by atoms with Gasteiger partial charge in [0, 0.05) is 43.3 Å². The van der Waals surface area contributed by atoms with E-state index in [1.807, 2.05) is 36.6 Å². The Kier molecular flexibility index (Phi) is 6.92. The summed E-state index contributed by atoms with van der Waals surface area (Å²) < 4.78 is 40.5. The van der Waals surface area contributed by atoms with Crippen LogP contribution in [0.25, 0.3) is 10.2 Å². The smallest absolute Gasteiger partial charge is 0.334 e. The number of nitrogens with zero attached hydrogens (tertiary/aromatic N) is 3. The van der Waals surface area contributed by atoms with Gasteiger partial charge < -0.3 is 19.7 Å². The Hall–Kier alpha value is -3.79. The minimum atomic E-state index is -4.44. The number of hydrogen-bond acceptors (Lipinski definition) is 3. The molecule has 1 saturated heterocycles. The Balaban J connectivity index is 1.28. The van der Waals surface area contributed by atoms with Crippen LogP contribution < -0.4 is 5.32 Å². The second-order valence-corrected chi connectivity index (χ2v) is 10.4. The molecule has 0 spiro atoms. The van der Waals surface area contributed by atoms with Gasteiger partial charge in [0.05, 0.1) is 5.56 Å². The second-order valence-electron chi connectivity index (χ2n) is 9.52. The number of amides is 3. The first-order valence-electron chi connectivity index (χ1n) is 12.3. The van der Waals surface area contributed by atoms with Gasteiger partial charge in [0.2, 0.25) is 0 Å². The molecule has 38 heavy (non-hydrogen) atoms. The topological polar surface area (TPSA) is 57.6 Å². The van der Waals surface area contributed by atoms with Gasteiger partial charge >= 0.3 is 12.2 Å². The summed E-state index contributed by atoms with van der Waals surface area (Å²) in [7, 11) is 0. The number of aromatic nitrogens is 1. The van der Waals surface area contributed by atoms with Gasteiger partial charge in [0.1, 0.15) is 10.5 Å². The first-order chi connectivity index (χ1) is 18.1. The van der Waals surface area contributed by atoms with Crippen LogP contribution in [0.2, 0.25) is 0 Å². The number of thiophene rings is 1. The monoisotopic (exact) mass is 540 g/mol. The number of piperazine rings is 1. The van der Waals surface area contributed by atoms with Gasteiger partial charge in [-0.05, 0) is 66.8 Å². The number of fused-ring (bicyclic) bond motifs is 1. The molecule has 6 nitrogen and oxygen atoms in total. The van der Waals surface area contributed by atoms with Crippen LogP contribution in [-0.2, 0) is 12.7 Å². The van der Waals surface area contributed by atoms with E-state index >= 15 is 0 Å². The number of nitrogens with one attached hydrogen (secondary N) is 1. The number of carbonyl (C=O) groups is 2. The predicted octanol–water partition coefficient (Wildman–Crippen LogP) is 6.46. The van der Waals surface area contributed by atoms with E-state index in [9.17, 15) is 22.8 Å². The van der Waals surface area contributed by atoms with Crippen LogP contribution in [0.3, 0.4) is 0 Å². The molecule has 0 bridgehead atoms. The normalized spacial score (nSPS) is 16.2. The maximum absolute atomic E-state index is 13.7. The Bertz CT molecular complexity index is 1480. The fourth-order valence-electron chi connectivity index (χ4n) is 4.81. The zero-order valence-corrected chi connectivity index (χ0v) is 21.8. The first kappa shape index (κ1) is 25.8. The summed E-state index contributed by atoms with van der Waals surface area (Å²) in [6, 6.07) is 15.7. The molecule has 1 aliphatic heterocycles. The van der Waals surface area contributed by atoms with Crippen LogP contribution in [0.4, 0.5) is 23.7 Å². The van der Waals surface area contributed by atoms with Gasteiger partial charge in [0.25, 0.3) is 5.91 Å². The van der Waals surface area contributed by atoms with Crippen LogP contribution in [0.5, 0.6) is 0 Å². The van der Waals surface area contributed by atoms with Gasteiger partial charge in [-0.25, -0.2) is 4.79 Å². The number of anilines is 1. The molecule has 5 rings (SSSR count). The van der Waals surface area contributed by atoms with Crippen molar-refractivity contribution < 1.29 is 22.8 Å². The van der Waals surface area contributed by atoms with Gasteiger partial charge in [-0.15, -0.1) is 11.3 Å². The predicted molar refractivity (Wildman–Crippen MR) is 143 cm³/mol. The fraction of sp³-hybridized carbons (Fsp3) is 0.286. The van der Waals surface area contributed by atoms with Crippen molar-refractivity contribution in [3.05, 3.63) is 88.4 Å².